The number of carbonyl (C=O) groups is 1. The second-order valence-electron chi connectivity index (χ2n) is 6.53. The van der Waals surface area contributed by atoms with E-state index in [1.54, 1.807) is 30.3 Å². The molecule has 2 aromatic carbocycles. The average Bonchev–Trinajstić information content (AvgIpc) is 3.28. The van der Waals surface area contributed by atoms with Gasteiger partial charge < -0.3 is 20.2 Å². The summed E-state index contributed by atoms with van der Waals surface area (Å²) in [4.78, 5) is 16.9. The molecule has 4 rings (SSSR count). The van der Waals surface area contributed by atoms with Gasteiger partial charge in [-0.3, -0.25) is 4.79 Å². The summed E-state index contributed by atoms with van der Waals surface area (Å²) in [5.74, 6) is -1.14. The summed E-state index contributed by atoms with van der Waals surface area (Å²) in [6.07, 6.45) is 2.91. The van der Waals surface area contributed by atoms with E-state index in [0.29, 0.717) is 11.5 Å². The monoisotopic (exact) mass is 426 g/mol. The fraction of sp³-hybridized carbons (Fsp3) is 0.150. The Labute approximate surface area is 172 Å². The third kappa shape index (κ3) is 3.82. The lowest BCUT2D eigenvalue weighted by Gasteiger charge is -2.20. The zero-order valence-corrected chi connectivity index (χ0v) is 16.5. The first-order valence-electron chi connectivity index (χ1n) is 9.07. The van der Waals surface area contributed by atoms with Gasteiger partial charge in [0.05, 0.1) is 24.4 Å². The smallest absolute Gasteiger partial charge is 0.287 e. The maximum Gasteiger partial charge on any atom is 0.287 e. The van der Waals surface area contributed by atoms with Crippen LogP contribution in [0.1, 0.15) is 22.9 Å². The number of amides is 1. The minimum atomic E-state index is -3.98. The second kappa shape index (κ2) is 8.09. The van der Waals surface area contributed by atoms with Crippen molar-refractivity contribution >= 4 is 27.5 Å². The van der Waals surface area contributed by atoms with Gasteiger partial charge in [0.15, 0.2) is 0 Å². The molecule has 3 N–H and O–H groups in total. The molecule has 154 valence electrons. The number of nitrogens with one attached hydrogen (secondary N) is 2. The van der Waals surface area contributed by atoms with Crippen LogP contribution in [0.5, 0.6) is 0 Å². The Hall–Kier alpha value is -3.50. The lowest BCUT2D eigenvalue weighted by molar-refractivity contribution is -0.114. The fourth-order valence-corrected chi connectivity index (χ4v) is 4.36. The molecular weight excluding hydrogens is 408 g/mol. The first kappa shape index (κ1) is 19.8. The third-order valence-electron chi connectivity index (χ3n) is 4.66. The number of rotatable bonds is 6. The molecule has 1 aromatic heterocycles. The van der Waals surface area contributed by atoms with Gasteiger partial charge in [0.25, 0.3) is 15.9 Å². The van der Waals surface area contributed by atoms with E-state index in [2.05, 4.69) is 20.0 Å². The first-order chi connectivity index (χ1) is 14.5. The van der Waals surface area contributed by atoms with E-state index in [-0.39, 0.29) is 29.6 Å². The van der Waals surface area contributed by atoms with Crippen LogP contribution in [0.15, 0.2) is 74.7 Å². The predicted molar refractivity (Wildman–Crippen MR) is 108 cm³/mol. The van der Waals surface area contributed by atoms with Gasteiger partial charge in [-0.25, -0.2) is 4.98 Å². The highest BCUT2D eigenvalue weighted by Crippen LogP contribution is 2.28. The van der Waals surface area contributed by atoms with Crippen LogP contribution in [0.4, 0.5) is 5.69 Å². The summed E-state index contributed by atoms with van der Waals surface area (Å²) in [5.41, 5.74) is 1.69. The van der Waals surface area contributed by atoms with Crippen LogP contribution in [0, 0.1) is 0 Å². The molecule has 0 fully saturated rings. The van der Waals surface area contributed by atoms with Crippen molar-refractivity contribution in [3.63, 3.8) is 0 Å². The van der Waals surface area contributed by atoms with Crippen molar-refractivity contribution in [2.45, 2.75) is 17.4 Å². The SMILES string of the molecule is O=C(NCC(c1ncco1)c1ccccc1CO)C1=NS(=O)(=O)c2ccccc2N1. The van der Waals surface area contributed by atoms with Gasteiger partial charge in [0, 0.05) is 6.54 Å². The quantitative estimate of drug-likeness (QED) is 0.545. The predicted octanol–water partition coefficient (Wildman–Crippen LogP) is 1.63. The molecule has 0 spiro atoms. The Morgan fingerprint density at radius 2 is 1.93 bits per heavy atom. The van der Waals surface area contributed by atoms with Crippen LogP contribution in [0.2, 0.25) is 0 Å². The van der Waals surface area contributed by atoms with Gasteiger partial charge in [-0.15, -0.1) is 4.40 Å². The summed E-state index contributed by atoms with van der Waals surface area (Å²) in [7, 11) is -3.98. The molecule has 2 heterocycles. The molecule has 1 unspecified atom stereocenters. The van der Waals surface area contributed by atoms with Crippen molar-refractivity contribution in [2.24, 2.45) is 4.40 Å². The zero-order chi connectivity index (χ0) is 21.1. The molecule has 9 nitrogen and oxygen atoms in total. The molecule has 1 aliphatic rings. The summed E-state index contributed by atoms with van der Waals surface area (Å²) in [6, 6.07) is 13.4. The van der Waals surface area contributed by atoms with Gasteiger partial charge in [-0.2, -0.15) is 8.42 Å². The Balaban J connectivity index is 1.58. The molecule has 1 amide bonds. The van der Waals surface area contributed by atoms with Crippen molar-refractivity contribution < 1.29 is 22.7 Å². The van der Waals surface area contributed by atoms with Crippen LogP contribution in [0.3, 0.4) is 0 Å². The van der Waals surface area contributed by atoms with E-state index in [1.807, 2.05) is 12.1 Å². The molecule has 0 saturated heterocycles. The summed E-state index contributed by atoms with van der Waals surface area (Å²) < 4.78 is 33.7. The number of benzene rings is 2. The van der Waals surface area contributed by atoms with Crippen molar-refractivity contribution in [3.05, 3.63) is 78.0 Å². The Morgan fingerprint density at radius 3 is 2.70 bits per heavy atom. The normalized spacial score (nSPS) is 15.4. The standard InChI is InChI=1S/C20H18N4O5S/c25-12-13-5-1-2-6-14(13)15(20-21-9-10-29-20)11-22-19(26)18-23-16-7-3-4-8-17(16)30(27,28)24-18/h1-10,15,25H,11-12H2,(H,22,26)(H,23,24). The van der Waals surface area contributed by atoms with Gasteiger partial charge in [-0.05, 0) is 23.3 Å². The van der Waals surface area contributed by atoms with Crippen LogP contribution >= 0.6 is 0 Å². The number of anilines is 1. The topological polar surface area (TPSA) is 134 Å². The maximum atomic E-state index is 12.7. The van der Waals surface area contributed by atoms with Gasteiger partial charge >= 0.3 is 0 Å². The minimum Gasteiger partial charge on any atom is -0.448 e. The Bertz CT molecular complexity index is 1210. The van der Waals surface area contributed by atoms with Crippen LogP contribution in [-0.4, -0.2) is 36.8 Å². The summed E-state index contributed by atoms with van der Waals surface area (Å²) in [5, 5.41) is 15.1. The van der Waals surface area contributed by atoms with E-state index in [9.17, 15) is 18.3 Å². The second-order valence-corrected chi connectivity index (χ2v) is 8.10. The average molecular weight is 426 g/mol. The number of nitrogens with zero attached hydrogens (tertiary/aromatic N) is 2. The number of sulfonamides is 1. The number of para-hydroxylation sites is 1. The summed E-state index contributed by atoms with van der Waals surface area (Å²) >= 11 is 0. The molecule has 0 bridgehead atoms. The number of oxazole rings is 1. The van der Waals surface area contributed by atoms with E-state index < -0.39 is 21.8 Å². The highest BCUT2D eigenvalue weighted by atomic mass is 32.2. The number of aliphatic hydroxyl groups excluding tert-OH is 1. The molecule has 0 radical (unpaired) electrons. The molecule has 3 aromatic rings. The zero-order valence-electron chi connectivity index (χ0n) is 15.6. The lowest BCUT2D eigenvalue weighted by Crippen LogP contribution is -2.40. The third-order valence-corrected chi connectivity index (χ3v) is 6.00. The number of amidine groups is 1. The molecule has 1 aliphatic heterocycles. The van der Waals surface area contributed by atoms with Crippen molar-refractivity contribution in [1.82, 2.24) is 10.3 Å². The van der Waals surface area contributed by atoms with E-state index in [0.717, 1.165) is 5.56 Å². The largest absolute Gasteiger partial charge is 0.448 e. The number of hydrogen-bond acceptors (Lipinski definition) is 7. The van der Waals surface area contributed by atoms with E-state index >= 15 is 0 Å². The highest BCUT2D eigenvalue weighted by molar-refractivity contribution is 7.90. The number of aromatic nitrogens is 1. The molecule has 0 saturated carbocycles. The molecule has 10 heteroatoms. The van der Waals surface area contributed by atoms with E-state index in [4.69, 9.17) is 4.42 Å². The van der Waals surface area contributed by atoms with Crippen LogP contribution in [-0.2, 0) is 21.4 Å². The lowest BCUT2D eigenvalue weighted by atomic mass is 9.94. The van der Waals surface area contributed by atoms with Crippen molar-refractivity contribution in [2.75, 3.05) is 11.9 Å². The Kier molecular flexibility index (Phi) is 5.34. The molecular formula is C20H18N4O5S. The van der Waals surface area contributed by atoms with Gasteiger partial charge in [0.1, 0.15) is 11.2 Å². The number of aliphatic hydroxyl groups is 1. The fourth-order valence-electron chi connectivity index (χ4n) is 3.25. The van der Waals surface area contributed by atoms with Gasteiger partial charge in [-0.1, -0.05) is 36.4 Å². The van der Waals surface area contributed by atoms with E-state index in [1.165, 1.54) is 18.5 Å². The molecule has 1 atom stereocenters. The van der Waals surface area contributed by atoms with Crippen molar-refractivity contribution in [3.8, 4) is 0 Å². The van der Waals surface area contributed by atoms with Gasteiger partial charge in [0.2, 0.25) is 11.7 Å². The van der Waals surface area contributed by atoms with Crippen LogP contribution in [0.25, 0.3) is 0 Å². The van der Waals surface area contributed by atoms with Crippen LogP contribution < -0.4 is 10.6 Å². The molecule has 0 aliphatic carbocycles. The Morgan fingerprint density at radius 1 is 1.17 bits per heavy atom. The number of fused-ring (bicyclic) bond motifs is 1. The maximum absolute atomic E-state index is 12.7. The number of hydrogen-bond donors (Lipinski definition) is 3. The highest BCUT2D eigenvalue weighted by Gasteiger charge is 2.29. The molecule has 30 heavy (non-hydrogen) atoms. The summed E-state index contributed by atoms with van der Waals surface area (Å²) in [6.45, 7) is -0.136. The van der Waals surface area contributed by atoms with Crippen molar-refractivity contribution in [1.29, 1.82) is 0 Å². The first-order valence-corrected chi connectivity index (χ1v) is 10.5. The minimum absolute atomic E-state index is 0.0103. The number of carbonyl (C=O) groups excluding carboxylic acids is 1.